The van der Waals surface area contributed by atoms with Gasteiger partial charge in [0.1, 0.15) is 5.75 Å². The first-order valence-corrected chi connectivity index (χ1v) is 7.89. The summed E-state index contributed by atoms with van der Waals surface area (Å²) >= 11 is 0. The van der Waals surface area contributed by atoms with Gasteiger partial charge in [-0.1, -0.05) is 12.1 Å². The average Bonchev–Trinajstić information content (AvgIpc) is 2.60. The molecule has 0 N–H and O–H groups in total. The summed E-state index contributed by atoms with van der Waals surface area (Å²) in [5.41, 5.74) is 1.70. The largest absolute Gasteiger partial charge is 0.481 e. The second-order valence-electron chi connectivity index (χ2n) is 5.71. The van der Waals surface area contributed by atoms with Gasteiger partial charge >= 0.3 is 0 Å². The Morgan fingerprint density at radius 3 is 2.58 bits per heavy atom. The van der Waals surface area contributed by atoms with Crippen LogP contribution in [0.15, 0.2) is 48.8 Å². The van der Waals surface area contributed by atoms with Crippen molar-refractivity contribution in [2.75, 3.05) is 13.6 Å². The third-order valence-corrected chi connectivity index (χ3v) is 3.76. The van der Waals surface area contributed by atoms with Crippen LogP contribution >= 0.6 is 0 Å². The van der Waals surface area contributed by atoms with Crippen molar-refractivity contribution < 1.29 is 14.3 Å². The van der Waals surface area contributed by atoms with Gasteiger partial charge in [0.15, 0.2) is 11.9 Å². The van der Waals surface area contributed by atoms with Crippen molar-refractivity contribution in [1.29, 1.82) is 0 Å². The molecule has 0 bridgehead atoms. The van der Waals surface area contributed by atoms with Gasteiger partial charge < -0.3 is 9.64 Å². The Morgan fingerprint density at radius 2 is 1.92 bits per heavy atom. The van der Waals surface area contributed by atoms with E-state index in [2.05, 4.69) is 4.98 Å². The van der Waals surface area contributed by atoms with E-state index < -0.39 is 6.10 Å². The van der Waals surface area contributed by atoms with Crippen molar-refractivity contribution in [3.05, 3.63) is 59.9 Å². The zero-order valence-corrected chi connectivity index (χ0v) is 14.2. The first-order chi connectivity index (χ1) is 11.5. The number of carbonyl (C=O) groups excluding carboxylic acids is 2. The molecule has 5 nitrogen and oxygen atoms in total. The second kappa shape index (κ2) is 8.24. The monoisotopic (exact) mass is 326 g/mol. The van der Waals surface area contributed by atoms with Crippen molar-refractivity contribution in [2.45, 2.75) is 26.4 Å². The van der Waals surface area contributed by atoms with Crippen molar-refractivity contribution in [2.24, 2.45) is 0 Å². The molecule has 0 saturated carbocycles. The number of rotatable bonds is 7. The SMILES string of the molecule is CC(=O)c1cccc(O[C@H](C)C(=O)N(C)CCc2ccncc2)c1. The molecule has 1 aromatic heterocycles. The molecule has 5 heteroatoms. The summed E-state index contributed by atoms with van der Waals surface area (Å²) in [5, 5.41) is 0. The van der Waals surface area contributed by atoms with Crippen LogP contribution in [0.3, 0.4) is 0 Å². The number of ketones is 1. The first kappa shape index (κ1) is 17.7. The minimum atomic E-state index is -0.616. The van der Waals surface area contributed by atoms with Crippen LogP contribution in [-0.4, -0.2) is 41.3 Å². The van der Waals surface area contributed by atoms with Gasteiger partial charge in [-0.25, -0.2) is 0 Å². The predicted molar refractivity (Wildman–Crippen MR) is 92.1 cm³/mol. The Bertz CT molecular complexity index is 701. The number of aromatic nitrogens is 1. The van der Waals surface area contributed by atoms with Gasteiger partial charge in [0.2, 0.25) is 0 Å². The number of amides is 1. The molecule has 0 aliphatic carbocycles. The number of benzene rings is 1. The van der Waals surface area contributed by atoms with Gasteiger partial charge in [0.05, 0.1) is 0 Å². The van der Waals surface area contributed by atoms with Gasteiger partial charge in [-0.3, -0.25) is 14.6 Å². The summed E-state index contributed by atoms with van der Waals surface area (Å²) in [6.45, 7) is 3.82. The second-order valence-corrected chi connectivity index (χ2v) is 5.71. The van der Waals surface area contributed by atoms with E-state index in [0.717, 1.165) is 12.0 Å². The molecule has 0 fully saturated rings. The highest BCUT2D eigenvalue weighted by atomic mass is 16.5. The molecule has 2 rings (SSSR count). The summed E-state index contributed by atoms with van der Waals surface area (Å²) in [7, 11) is 1.76. The summed E-state index contributed by atoms with van der Waals surface area (Å²) in [5.74, 6) is 0.386. The smallest absolute Gasteiger partial charge is 0.263 e. The molecule has 1 atom stereocenters. The van der Waals surface area contributed by atoms with E-state index in [9.17, 15) is 9.59 Å². The molecule has 1 aromatic carbocycles. The Balaban J connectivity index is 1.91. The maximum Gasteiger partial charge on any atom is 0.263 e. The number of hydrogen-bond acceptors (Lipinski definition) is 4. The zero-order chi connectivity index (χ0) is 17.5. The Kier molecular flexibility index (Phi) is 6.07. The normalized spacial score (nSPS) is 11.6. The van der Waals surface area contributed by atoms with Crippen molar-refractivity contribution in [1.82, 2.24) is 9.88 Å². The number of hydrogen-bond donors (Lipinski definition) is 0. The molecule has 24 heavy (non-hydrogen) atoms. The quantitative estimate of drug-likeness (QED) is 0.734. The molecule has 0 radical (unpaired) electrons. The Labute approximate surface area is 142 Å². The fourth-order valence-corrected chi connectivity index (χ4v) is 2.31. The zero-order valence-electron chi connectivity index (χ0n) is 14.2. The highest BCUT2D eigenvalue weighted by Crippen LogP contribution is 2.16. The summed E-state index contributed by atoms with van der Waals surface area (Å²) in [6, 6.07) is 10.7. The van der Waals surface area contributed by atoms with Crippen LogP contribution in [0.2, 0.25) is 0 Å². The van der Waals surface area contributed by atoms with Crippen LogP contribution in [0.25, 0.3) is 0 Å². The van der Waals surface area contributed by atoms with Crippen LogP contribution in [0.1, 0.15) is 29.8 Å². The number of ether oxygens (including phenoxy) is 1. The first-order valence-electron chi connectivity index (χ1n) is 7.89. The van der Waals surface area contributed by atoms with Crippen molar-refractivity contribution in [3.8, 4) is 5.75 Å². The van der Waals surface area contributed by atoms with Gasteiger partial charge in [0, 0.05) is 31.5 Å². The highest BCUT2D eigenvalue weighted by molar-refractivity contribution is 5.94. The molecule has 0 spiro atoms. The lowest BCUT2D eigenvalue weighted by molar-refractivity contribution is -0.136. The maximum atomic E-state index is 12.4. The van der Waals surface area contributed by atoms with Crippen molar-refractivity contribution >= 4 is 11.7 Å². The van der Waals surface area contributed by atoms with Crippen LogP contribution in [0.5, 0.6) is 5.75 Å². The fraction of sp³-hybridized carbons (Fsp3) is 0.316. The van der Waals surface area contributed by atoms with Crippen molar-refractivity contribution in [3.63, 3.8) is 0 Å². The van der Waals surface area contributed by atoms with Gasteiger partial charge in [-0.05, 0) is 50.1 Å². The Morgan fingerprint density at radius 1 is 1.21 bits per heavy atom. The standard InChI is InChI=1S/C19H22N2O3/c1-14(22)17-5-4-6-18(13-17)24-15(2)19(23)21(3)12-9-16-7-10-20-11-8-16/h4-8,10-11,13,15H,9,12H2,1-3H3/t15-/m1/s1. The minimum absolute atomic E-state index is 0.0334. The van der Waals surface area contributed by atoms with E-state index in [0.29, 0.717) is 17.9 Å². The molecule has 1 amide bonds. The Hall–Kier alpha value is -2.69. The van der Waals surface area contributed by atoms with Gasteiger partial charge in [-0.2, -0.15) is 0 Å². The summed E-state index contributed by atoms with van der Waals surface area (Å²) in [4.78, 5) is 29.4. The minimum Gasteiger partial charge on any atom is -0.481 e. The fourth-order valence-electron chi connectivity index (χ4n) is 2.31. The van der Waals surface area contributed by atoms with E-state index >= 15 is 0 Å². The molecule has 0 saturated heterocycles. The number of pyridine rings is 1. The van der Waals surface area contributed by atoms with E-state index in [4.69, 9.17) is 4.74 Å². The molecule has 0 unspecified atom stereocenters. The van der Waals surface area contributed by atoms with E-state index in [-0.39, 0.29) is 11.7 Å². The molecular weight excluding hydrogens is 304 g/mol. The average molecular weight is 326 g/mol. The highest BCUT2D eigenvalue weighted by Gasteiger charge is 2.19. The number of likely N-dealkylation sites (N-methyl/N-ethyl adjacent to an activating group) is 1. The van der Waals surface area contributed by atoms with Crippen LogP contribution < -0.4 is 4.74 Å². The molecule has 0 aliphatic heterocycles. The number of carbonyl (C=O) groups is 2. The molecule has 126 valence electrons. The lowest BCUT2D eigenvalue weighted by Crippen LogP contribution is -2.39. The van der Waals surface area contributed by atoms with Gasteiger partial charge in [0.25, 0.3) is 5.91 Å². The van der Waals surface area contributed by atoms with Crippen LogP contribution in [0.4, 0.5) is 0 Å². The third kappa shape index (κ3) is 4.91. The lowest BCUT2D eigenvalue weighted by Gasteiger charge is -2.22. The lowest BCUT2D eigenvalue weighted by atomic mass is 10.1. The predicted octanol–water partition coefficient (Wildman–Crippen LogP) is 2.75. The molecular formula is C19H22N2O3. The molecule has 1 heterocycles. The summed E-state index contributed by atoms with van der Waals surface area (Å²) < 4.78 is 5.69. The van der Waals surface area contributed by atoms with E-state index in [1.807, 2.05) is 12.1 Å². The van der Waals surface area contributed by atoms with E-state index in [1.54, 1.807) is 55.5 Å². The maximum absolute atomic E-state index is 12.4. The topological polar surface area (TPSA) is 59.5 Å². The number of Topliss-reactive ketones (excluding diaryl/α,β-unsaturated/α-hetero) is 1. The van der Waals surface area contributed by atoms with Gasteiger partial charge in [-0.15, -0.1) is 0 Å². The molecule has 0 aliphatic rings. The van der Waals surface area contributed by atoms with Crippen LogP contribution in [0, 0.1) is 0 Å². The van der Waals surface area contributed by atoms with E-state index in [1.165, 1.54) is 6.92 Å². The summed E-state index contributed by atoms with van der Waals surface area (Å²) in [6.07, 6.45) is 3.63. The molecule has 2 aromatic rings. The third-order valence-electron chi connectivity index (χ3n) is 3.76. The number of nitrogens with zero attached hydrogens (tertiary/aromatic N) is 2. The van der Waals surface area contributed by atoms with Crippen LogP contribution in [-0.2, 0) is 11.2 Å².